The zero-order chi connectivity index (χ0) is 17.3. The fraction of sp³-hybridized carbons (Fsp3) is 0.353. The largest absolute Gasteiger partial charge is 0.477 e. The predicted octanol–water partition coefficient (Wildman–Crippen LogP) is 2.80. The van der Waals surface area contributed by atoms with E-state index in [1.807, 2.05) is 31.2 Å². The number of benzene rings is 1. The van der Waals surface area contributed by atoms with Crippen LogP contribution < -0.4 is 0 Å². The van der Waals surface area contributed by atoms with Crippen molar-refractivity contribution in [1.29, 1.82) is 0 Å². The van der Waals surface area contributed by atoms with E-state index in [1.165, 1.54) is 22.1 Å². The Morgan fingerprint density at radius 3 is 2.79 bits per heavy atom. The lowest BCUT2D eigenvalue weighted by atomic mass is 10.1. The number of H-pyrrole nitrogens is 1. The van der Waals surface area contributed by atoms with Crippen LogP contribution in [-0.2, 0) is 16.4 Å². The van der Waals surface area contributed by atoms with Crippen LogP contribution in [0.15, 0.2) is 41.4 Å². The fourth-order valence-corrected chi connectivity index (χ4v) is 5.00. The zero-order valence-electron chi connectivity index (χ0n) is 13.4. The van der Waals surface area contributed by atoms with Crippen LogP contribution in [0.5, 0.6) is 0 Å². The normalized spacial score (nSPS) is 17.2. The van der Waals surface area contributed by atoms with Crippen molar-refractivity contribution in [2.75, 3.05) is 6.54 Å². The van der Waals surface area contributed by atoms with Gasteiger partial charge in [0, 0.05) is 12.7 Å². The molecule has 1 aromatic carbocycles. The van der Waals surface area contributed by atoms with Gasteiger partial charge in [0.15, 0.2) is 0 Å². The molecule has 7 heteroatoms. The molecule has 3 rings (SSSR count). The lowest BCUT2D eigenvalue weighted by Gasteiger charge is -2.28. The number of carboxylic acid groups (broad SMARTS) is 1. The first kappa shape index (κ1) is 16.7. The molecule has 0 amide bonds. The number of aryl methyl sites for hydroxylation is 1. The highest BCUT2D eigenvalue weighted by molar-refractivity contribution is 7.89. The molecular formula is C17H20N2O4S. The van der Waals surface area contributed by atoms with E-state index in [1.54, 1.807) is 0 Å². The van der Waals surface area contributed by atoms with Gasteiger partial charge in [-0.1, -0.05) is 31.2 Å². The Kier molecular flexibility index (Phi) is 4.47. The third-order valence-corrected chi connectivity index (χ3v) is 6.27. The summed E-state index contributed by atoms with van der Waals surface area (Å²) >= 11 is 0. The van der Waals surface area contributed by atoms with Gasteiger partial charge in [0.2, 0.25) is 10.0 Å². The van der Waals surface area contributed by atoms with Gasteiger partial charge in [0.1, 0.15) is 10.6 Å². The first-order valence-electron chi connectivity index (χ1n) is 7.96. The molecule has 2 N–H and O–H groups in total. The second-order valence-corrected chi connectivity index (χ2v) is 7.81. The molecule has 1 aliphatic rings. The number of rotatable bonds is 6. The highest BCUT2D eigenvalue weighted by Crippen LogP contribution is 2.38. The number of sulfonamides is 1. The van der Waals surface area contributed by atoms with Gasteiger partial charge < -0.3 is 10.1 Å². The van der Waals surface area contributed by atoms with Crippen LogP contribution >= 0.6 is 0 Å². The minimum Gasteiger partial charge on any atom is -0.477 e. The van der Waals surface area contributed by atoms with Gasteiger partial charge in [-0.05, 0) is 36.5 Å². The average molecular weight is 348 g/mol. The lowest BCUT2D eigenvalue weighted by molar-refractivity contribution is 0.0691. The molecule has 2 aromatic rings. The van der Waals surface area contributed by atoms with E-state index in [0.717, 1.165) is 18.4 Å². The molecule has 0 spiro atoms. The van der Waals surface area contributed by atoms with Crippen molar-refractivity contribution in [2.24, 2.45) is 0 Å². The number of nitrogens with one attached hydrogen (secondary N) is 1. The summed E-state index contributed by atoms with van der Waals surface area (Å²) in [5.74, 6) is -1.18. The van der Waals surface area contributed by atoms with Gasteiger partial charge in [-0.25, -0.2) is 13.2 Å². The number of aromatic nitrogens is 1. The molecule has 1 atom stereocenters. The molecule has 0 radical (unpaired) electrons. The minimum atomic E-state index is -3.76. The summed E-state index contributed by atoms with van der Waals surface area (Å²) in [7, 11) is -3.76. The van der Waals surface area contributed by atoms with Gasteiger partial charge in [-0.15, -0.1) is 0 Å². The molecule has 0 fully saturated rings. The number of fused-ring (bicyclic) bond motifs is 1. The molecule has 6 nitrogen and oxygen atoms in total. The number of hydrogen-bond donors (Lipinski definition) is 2. The summed E-state index contributed by atoms with van der Waals surface area (Å²) in [6, 6.07) is 8.88. The van der Waals surface area contributed by atoms with Crippen LogP contribution in [0.25, 0.3) is 0 Å². The van der Waals surface area contributed by atoms with E-state index in [4.69, 9.17) is 5.11 Å². The Morgan fingerprint density at radius 2 is 2.12 bits per heavy atom. The standard InChI is InChI=1S/C17H20N2O4S/c1-2-9-19(16-8-7-12-5-3-4-6-14(12)16)24(22,23)13-10-15(17(20)21)18-11-13/h3-6,10-11,16,18H,2,7-9H2,1H3,(H,20,21). The van der Waals surface area contributed by atoms with E-state index < -0.39 is 16.0 Å². The Morgan fingerprint density at radius 1 is 1.38 bits per heavy atom. The molecule has 24 heavy (non-hydrogen) atoms. The maximum Gasteiger partial charge on any atom is 0.352 e. The molecule has 0 saturated carbocycles. The summed E-state index contributed by atoms with van der Waals surface area (Å²) < 4.78 is 27.6. The third-order valence-electron chi connectivity index (χ3n) is 4.39. The second-order valence-electron chi connectivity index (χ2n) is 5.92. The SMILES string of the molecule is CCCN(C1CCc2ccccc21)S(=O)(=O)c1c[nH]c(C(=O)O)c1. The maximum absolute atomic E-state index is 13.1. The molecule has 0 aliphatic heterocycles. The van der Waals surface area contributed by atoms with Crippen molar-refractivity contribution in [3.63, 3.8) is 0 Å². The quantitative estimate of drug-likeness (QED) is 0.840. The van der Waals surface area contributed by atoms with Crippen LogP contribution in [0.1, 0.15) is 47.4 Å². The first-order chi connectivity index (χ1) is 11.4. The van der Waals surface area contributed by atoms with Crippen LogP contribution in [0.3, 0.4) is 0 Å². The van der Waals surface area contributed by atoms with Crippen molar-refractivity contribution in [1.82, 2.24) is 9.29 Å². The van der Waals surface area contributed by atoms with E-state index in [2.05, 4.69) is 4.98 Å². The highest BCUT2D eigenvalue weighted by atomic mass is 32.2. The molecule has 0 bridgehead atoms. The maximum atomic E-state index is 13.1. The highest BCUT2D eigenvalue weighted by Gasteiger charge is 2.36. The average Bonchev–Trinajstić information content (AvgIpc) is 3.20. The van der Waals surface area contributed by atoms with Crippen molar-refractivity contribution in [2.45, 2.75) is 37.1 Å². The smallest absolute Gasteiger partial charge is 0.352 e. The molecule has 1 aromatic heterocycles. The zero-order valence-corrected chi connectivity index (χ0v) is 14.2. The fourth-order valence-electron chi connectivity index (χ4n) is 3.28. The van der Waals surface area contributed by atoms with Crippen LogP contribution in [0, 0.1) is 0 Å². The minimum absolute atomic E-state index is 0.00210. The summed E-state index contributed by atoms with van der Waals surface area (Å²) in [5.41, 5.74) is 2.10. The van der Waals surface area contributed by atoms with Gasteiger partial charge in [0.25, 0.3) is 0 Å². The monoisotopic (exact) mass is 348 g/mol. The predicted molar refractivity (Wildman–Crippen MR) is 89.4 cm³/mol. The Bertz CT molecular complexity index is 857. The Balaban J connectivity index is 2.00. The van der Waals surface area contributed by atoms with Crippen molar-refractivity contribution in [3.05, 3.63) is 53.3 Å². The molecule has 128 valence electrons. The number of hydrogen-bond acceptors (Lipinski definition) is 3. The number of carboxylic acids is 1. The van der Waals surface area contributed by atoms with E-state index >= 15 is 0 Å². The summed E-state index contributed by atoms with van der Waals surface area (Å²) in [4.78, 5) is 13.5. The first-order valence-corrected chi connectivity index (χ1v) is 9.40. The van der Waals surface area contributed by atoms with Crippen LogP contribution in [0.4, 0.5) is 0 Å². The second kappa shape index (κ2) is 6.41. The molecule has 1 heterocycles. The van der Waals surface area contributed by atoms with Crippen LogP contribution in [-0.4, -0.2) is 35.3 Å². The van der Waals surface area contributed by atoms with Gasteiger partial charge in [-0.2, -0.15) is 4.31 Å². The lowest BCUT2D eigenvalue weighted by Crippen LogP contribution is -2.34. The van der Waals surface area contributed by atoms with Gasteiger partial charge in [0.05, 0.1) is 6.04 Å². The number of aromatic carboxylic acids is 1. The van der Waals surface area contributed by atoms with Crippen molar-refractivity contribution < 1.29 is 18.3 Å². The number of aromatic amines is 1. The van der Waals surface area contributed by atoms with E-state index in [9.17, 15) is 13.2 Å². The molecular weight excluding hydrogens is 328 g/mol. The molecule has 1 unspecified atom stereocenters. The summed E-state index contributed by atoms with van der Waals surface area (Å²) in [5, 5.41) is 9.01. The van der Waals surface area contributed by atoms with Crippen molar-refractivity contribution in [3.8, 4) is 0 Å². The van der Waals surface area contributed by atoms with Crippen LogP contribution in [0.2, 0.25) is 0 Å². The third kappa shape index (κ3) is 2.85. The number of nitrogens with zero attached hydrogens (tertiary/aromatic N) is 1. The van der Waals surface area contributed by atoms with Crippen molar-refractivity contribution >= 4 is 16.0 Å². The summed E-state index contributed by atoms with van der Waals surface area (Å²) in [6.07, 6.45) is 3.54. The van der Waals surface area contributed by atoms with E-state index in [-0.39, 0.29) is 16.6 Å². The summed E-state index contributed by atoms with van der Waals surface area (Å²) in [6.45, 7) is 2.33. The Hall–Kier alpha value is -2.12. The topological polar surface area (TPSA) is 90.5 Å². The van der Waals surface area contributed by atoms with Gasteiger partial charge in [-0.3, -0.25) is 0 Å². The van der Waals surface area contributed by atoms with E-state index in [0.29, 0.717) is 13.0 Å². The number of carbonyl (C=O) groups is 1. The Labute approximate surface area is 141 Å². The molecule has 0 saturated heterocycles. The molecule has 1 aliphatic carbocycles. The van der Waals surface area contributed by atoms with Gasteiger partial charge >= 0.3 is 5.97 Å².